The summed E-state index contributed by atoms with van der Waals surface area (Å²) in [5.41, 5.74) is -0.744. The van der Waals surface area contributed by atoms with Crippen molar-refractivity contribution in [3.63, 3.8) is 0 Å². The van der Waals surface area contributed by atoms with Crippen LogP contribution in [0.4, 0.5) is 0 Å². The largest absolute Gasteiger partial charge is 0.465 e. The monoisotopic (exact) mass is 318 g/mol. The van der Waals surface area contributed by atoms with Crippen LogP contribution in [0.25, 0.3) is 0 Å². The van der Waals surface area contributed by atoms with Crippen molar-refractivity contribution >= 4 is 5.97 Å². The molecule has 0 bridgehead atoms. The lowest BCUT2D eigenvalue weighted by molar-refractivity contribution is -0.149. The lowest BCUT2D eigenvalue weighted by Crippen LogP contribution is -2.32. The lowest BCUT2D eigenvalue weighted by Gasteiger charge is -2.23. The van der Waals surface area contributed by atoms with E-state index >= 15 is 0 Å². The number of hydrogen-bond donors (Lipinski definition) is 3. The number of carbonyl (C=O) groups is 1. The smallest absolute Gasteiger partial charge is 0.305 e. The van der Waals surface area contributed by atoms with Crippen LogP contribution in [0.15, 0.2) is 0 Å². The van der Waals surface area contributed by atoms with E-state index in [0.29, 0.717) is 13.0 Å². The van der Waals surface area contributed by atoms with Crippen LogP contribution < -0.4 is 0 Å². The Morgan fingerprint density at radius 1 is 0.818 bits per heavy atom. The molecule has 0 saturated carbocycles. The van der Waals surface area contributed by atoms with Crippen LogP contribution in [0.1, 0.15) is 71.1 Å². The van der Waals surface area contributed by atoms with E-state index in [1.54, 1.807) is 6.92 Å². The molecule has 0 heterocycles. The molecule has 0 aromatic heterocycles. The van der Waals surface area contributed by atoms with Gasteiger partial charge in [-0.3, -0.25) is 4.79 Å². The van der Waals surface area contributed by atoms with Gasteiger partial charge in [0.15, 0.2) is 0 Å². The predicted octanol–water partition coefficient (Wildman–Crippen LogP) is 2.41. The summed E-state index contributed by atoms with van der Waals surface area (Å²) in [6.45, 7) is 1.64. The fraction of sp³-hybridized carbons (Fsp3) is 0.941. The summed E-state index contributed by atoms with van der Waals surface area (Å²) in [4.78, 5) is 11.6. The number of esters is 1. The molecule has 0 spiro atoms. The van der Waals surface area contributed by atoms with Crippen LogP contribution in [0.3, 0.4) is 0 Å². The Hall–Kier alpha value is -0.650. The zero-order valence-electron chi connectivity index (χ0n) is 14.1. The van der Waals surface area contributed by atoms with Gasteiger partial charge in [0.1, 0.15) is 6.61 Å². The molecule has 0 aromatic rings. The van der Waals surface area contributed by atoms with Gasteiger partial charge in [0.2, 0.25) is 0 Å². The van der Waals surface area contributed by atoms with Gasteiger partial charge in [-0.1, -0.05) is 51.9 Å². The number of carbonyl (C=O) groups excluding carboxylic acids is 1. The maximum absolute atomic E-state index is 11.6. The topological polar surface area (TPSA) is 87.0 Å². The summed E-state index contributed by atoms with van der Waals surface area (Å²) in [5.74, 6) is -0.253. The van der Waals surface area contributed by atoms with Crippen molar-refractivity contribution in [2.75, 3.05) is 26.4 Å². The molecule has 0 amide bonds. The molecule has 0 aliphatic rings. The Bertz CT molecular complexity index is 264. The van der Waals surface area contributed by atoms with Crippen LogP contribution in [-0.2, 0) is 9.53 Å². The van der Waals surface area contributed by atoms with Crippen LogP contribution in [0, 0.1) is 5.41 Å². The fourth-order valence-corrected chi connectivity index (χ4v) is 2.09. The molecule has 0 saturated heterocycles. The van der Waals surface area contributed by atoms with Gasteiger partial charge in [-0.05, 0) is 12.8 Å². The number of unbranched alkanes of at least 4 members (excludes halogenated alkanes) is 8. The normalized spacial score (nSPS) is 11.6. The van der Waals surface area contributed by atoms with Crippen molar-refractivity contribution in [3.8, 4) is 0 Å². The first-order valence-electron chi connectivity index (χ1n) is 8.56. The molecule has 0 aliphatic heterocycles. The van der Waals surface area contributed by atoms with Crippen LogP contribution in [0.2, 0.25) is 0 Å². The highest BCUT2D eigenvalue weighted by molar-refractivity contribution is 5.69. The van der Waals surface area contributed by atoms with Gasteiger partial charge in [0.05, 0.1) is 13.2 Å². The van der Waals surface area contributed by atoms with E-state index < -0.39 is 5.41 Å². The second-order valence-electron chi connectivity index (χ2n) is 6.44. The fourth-order valence-electron chi connectivity index (χ4n) is 2.09. The van der Waals surface area contributed by atoms with E-state index in [1.807, 2.05) is 0 Å². The molecule has 0 fully saturated rings. The molecular weight excluding hydrogens is 284 g/mol. The van der Waals surface area contributed by atoms with Gasteiger partial charge in [-0.15, -0.1) is 0 Å². The Kier molecular flexibility index (Phi) is 13.6. The van der Waals surface area contributed by atoms with E-state index in [4.69, 9.17) is 20.1 Å². The summed E-state index contributed by atoms with van der Waals surface area (Å²) >= 11 is 0. The molecule has 0 aliphatic carbocycles. The van der Waals surface area contributed by atoms with Crippen LogP contribution in [-0.4, -0.2) is 47.7 Å². The summed E-state index contributed by atoms with van der Waals surface area (Å²) in [5, 5.41) is 26.9. The third-order valence-corrected chi connectivity index (χ3v) is 3.88. The van der Waals surface area contributed by atoms with Gasteiger partial charge in [-0.2, -0.15) is 0 Å². The maximum Gasteiger partial charge on any atom is 0.305 e. The van der Waals surface area contributed by atoms with Crippen molar-refractivity contribution in [1.29, 1.82) is 0 Å². The average Bonchev–Trinajstić information content (AvgIpc) is 2.54. The van der Waals surface area contributed by atoms with E-state index in [-0.39, 0.29) is 25.8 Å². The number of aliphatic hydroxyl groups excluding tert-OH is 3. The average molecular weight is 318 g/mol. The number of aliphatic hydroxyl groups is 3. The van der Waals surface area contributed by atoms with Crippen molar-refractivity contribution < 1.29 is 24.9 Å². The first-order chi connectivity index (χ1) is 10.6. The summed E-state index contributed by atoms with van der Waals surface area (Å²) < 4.78 is 5.09. The second kappa shape index (κ2) is 14.0. The Morgan fingerprint density at radius 2 is 1.27 bits per heavy atom. The van der Waals surface area contributed by atoms with E-state index in [2.05, 4.69) is 0 Å². The van der Waals surface area contributed by atoms with Gasteiger partial charge < -0.3 is 20.1 Å². The molecule has 0 radical (unpaired) electrons. The van der Waals surface area contributed by atoms with Crippen LogP contribution in [0.5, 0.6) is 0 Å². The van der Waals surface area contributed by atoms with E-state index in [9.17, 15) is 4.79 Å². The summed E-state index contributed by atoms with van der Waals surface area (Å²) in [7, 11) is 0. The predicted molar refractivity (Wildman–Crippen MR) is 86.5 cm³/mol. The Morgan fingerprint density at radius 3 is 1.73 bits per heavy atom. The third-order valence-electron chi connectivity index (χ3n) is 3.88. The highest BCUT2D eigenvalue weighted by Gasteiger charge is 2.24. The minimum absolute atomic E-state index is 0.0622. The number of ether oxygens (including phenoxy) is 1. The minimum atomic E-state index is -0.744. The molecule has 3 N–H and O–H groups in total. The maximum atomic E-state index is 11.6. The molecule has 0 atom stereocenters. The summed E-state index contributed by atoms with van der Waals surface area (Å²) in [6, 6.07) is 0. The molecule has 0 rings (SSSR count). The van der Waals surface area contributed by atoms with Crippen molar-refractivity contribution in [3.05, 3.63) is 0 Å². The second-order valence-corrected chi connectivity index (χ2v) is 6.44. The Labute approximate surface area is 134 Å². The Balaban J connectivity index is 3.39. The molecule has 132 valence electrons. The van der Waals surface area contributed by atoms with Gasteiger partial charge in [0, 0.05) is 18.4 Å². The van der Waals surface area contributed by atoms with Crippen molar-refractivity contribution in [2.24, 2.45) is 5.41 Å². The number of hydrogen-bond acceptors (Lipinski definition) is 5. The standard InChI is InChI=1S/C17H34O5/c1-17(13-19,14-20)15-22-16(21)11-9-7-5-3-2-4-6-8-10-12-18/h18-20H,2-15H2,1H3. The van der Waals surface area contributed by atoms with Crippen molar-refractivity contribution in [2.45, 2.75) is 71.1 Å². The lowest BCUT2D eigenvalue weighted by atomic mass is 9.94. The first-order valence-corrected chi connectivity index (χ1v) is 8.56. The molecular formula is C17H34O5. The molecule has 22 heavy (non-hydrogen) atoms. The molecule has 0 unspecified atom stereocenters. The zero-order chi connectivity index (χ0) is 16.7. The van der Waals surface area contributed by atoms with Gasteiger partial charge in [-0.25, -0.2) is 0 Å². The van der Waals surface area contributed by atoms with Crippen LogP contribution >= 0.6 is 0 Å². The quantitative estimate of drug-likeness (QED) is 0.319. The first kappa shape index (κ1) is 21.4. The van der Waals surface area contributed by atoms with Crippen molar-refractivity contribution in [1.82, 2.24) is 0 Å². The van der Waals surface area contributed by atoms with Gasteiger partial charge >= 0.3 is 5.97 Å². The number of rotatable bonds is 15. The van der Waals surface area contributed by atoms with E-state index in [0.717, 1.165) is 32.1 Å². The molecule has 5 nitrogen and oxygen atoms in total. The zero-order valence-corrected chi connectivity index (χ0v) is 14.1. The molecule has 5 heteroatoms. The summed E-state index contributed by atoms with van der Waals surface area (Å²) in [6.07, 6.45) is 10.3. The molecule has 0 aromatic carbocycles. The highest BCUT2D eigenvalue weighted by atomic mass is 16.5. The third kappa shape index (κ3) is 12.0. The highest BCUT2D eigenvalue weighted by Crippen LogP contribution is 2.15. The van der Waals surface area contributed by atoms with E-state index in [1.165, 1.54) is 25.7 Å². The minimum Gasteiger partial charge on any atom is -0.465 e. The van der Waals surface area contributed by atoms with Gasteiger partial charge in [0.25, 0.3) is 0 Å². The SMILES string of the molecule is CC(CO)(CO)COC(=O)CCCCCCCCCCCO.